The lowest BCUT2D eigenvalue weighted by Crippen LogP contribution is -1.98. The van der Waals surface area contributed by atoms with Gasteiger partial charge in [-0.15, -0.1) is 5.10 Å². The zero-order chi connectivity index (χ0) is 12.1. The van der Waals surface area contributed by atoms with Gasteiger partial charge in [0.05, 0.1) is 13.2 Å². The Labute approximate surface area is 109 Å². The molecule has 17 heavy (non-hydrogen) atoms. The lowest BCUT2D eigenvalue weighted by Gasteiger charge is -2.04. The fourth-order valence-corrected chi connectivity index (χ4v) is 2.12. The van der Waals surface area contributed by atoms with E-state index >= 15 is 0 Å². The molecular weight excluding hydrogens is 258 g/mol. The number of ether oxygens (including phenoxy) is 1. The van der Waals surface area contributed by atoms with Gasteiger partial charge in [0.1, 0.15) is 10.7 Å². The molecule has 2 rings (SSSR count). The molecule has 0 saturated heterocycles. The Hall–Kier alpha value is -1.17. The molecule has 0 unspecified atom stereocenters. The molecule has 90 valence electrons. The first-order chi connectivity index (χ1) is 8.29. The molecular formula is C11H12ClN3OS. The molecule has 0 aliphatic carbocycles. The predicted octanol–water partition coefficient (Wildman–Crippen LogP) is 2.95. The number of halogens is 1. The molecule has 2 aromatic rings. The topological polar surface area (TPSA) is 47.0 Å². The summed E-state index contributed by atoms with van der Waals surface area (Å²) >= 11 is 7.21. The van der Waals surface area contributed by atoms with Crippen LogP contribution in [0.25, 0.3) is 0 Å². The van der Waals surface area contributed by atoms with Gasteiger partial charge < -0.3 is 10.1 Å². The van der Waals surface area contributed by atoms with Crippen molar-refractivity contribution in [1.82, 2.24) is 9.59 Å². The fraction of sp³-hybridized carbons (Fsp3) is 0.273. The van der Waals surface area contributed by atoms with Crippen LogP contribution in [0.2, 0.25) is 5.02 Å². The van der Waals surface area contributed by atoms with E-state index in [1.54, 1.807) is 0 Å². The Morgan fingerprint density at radius 1 is 1.41 bits per heavy atom. The summed E-state index contributed by atoms with van der Waals surface area (Å²) in [6.45, 7) is 0.959. The van der Waals surface area contributed by atoms with Gasteiger partial charge in [0.2, 0.25) is 0 Å². The van der Waals surface area contributed by atoms with Crippen LogP contribution in [-0.4, -0.2) is 16.6 Å². The van der Waals surface area contributed by atoms with Crippen molar-refractivity contribution in [2.75, 3.05) is 12.4 Å². The second kappa shape index (κ2) is 5.95. The van der Waals surface area contributed by atoms with Crippen LogP contribution in [0.4, 0.5) is 5.00 Å². The van der Waals surface area contributed by atoms with Crippen LogP contribution in [0.15, 0.2) is 24.3 Å². The van der Waals surface area contributed by atoms with Gasteiger partial charge in [0.25, 0.3) is 0 Å². The molecule has 0 spiro atoms. The van der Waals surface area contributed by atoms with E-state index in [0.29, 0.717) is 13.2 Å². The van der Waals surface area contributed by atoms with Gasteiger partial charge in [-0.1, -0.05) is 28.2 Å². The van der Waals surface area contributed by atoms with Crippen LogP contribution < -0.4 is 5.32 Å². The third kappa shape index (κ3) is 3.39. The summed E-state index contributed by atoms with van der Waals surface area (Å²) in [5, 5.41) is 8.68. The van der Waals surface area contributed by atoms with Gasteiger partial charge in [-0.25, -0.2) is 0 Å². The van der Waals surface area contributed by atoms with E-state index in [-0.39, 0.29) is 0 Å². The summed E-state index contributed by atoms with van der Waals surface area (Å²) in [6, 6.07) is 7.61. The number of anilines is 1. The van der Waals surface area contributed by atoms with E-state index in [1.165, 1.54) is 11.5 Å². The standard InChI is InChI=1S/C11H12ClN3OS/c1-13-11-10(14-15-17-11)7-16-6-8-3-2-4-9(12)5-8/h2-5,13H,6-7H2,1H3. The molecule has 0 saturated carbocycles. The van der Waals surface area contributed by atoms with Crippen LogP contribution in [0.3, 0.4) is 0 Å². The van der Waals surface area contributed by atoms with Gasteiger partial charge in [-0.05, 0) is 17.7 Å². The van der Waals surface area contributed by atoms with Crippen LogP contribution >= 0.6 is 23.1 Å². The van der Waals surface area contributed by atoms with Crippen molar-refractivity contribution < 1.29 is 4.74 Å². The Kier molecular flexibility index (Phi) is 4.30. The van der Waals surface area contributed by atoms with Gasteiger partial charge in [-0.3, -0.25) is 0 Å². The number of hydrogen-bond acceptors (Lipinski definition) is 5. The van der Waals surface area contributed by atoms with Crippen molar-refractivity contribution in [3.8, 4) is 0 Å². The van der Waals surface area contributed by atoms with Crippen molar-refractivity contribution in [3.63, 3.8) is 0 Å². The Bertz CT molecular complexity index is 489. The minimum Gasteiger partial charge on any atom is -0.377 e. The molecule has 1 aromatic heterocycles. The number of rotatable bonds is 5. The predicted molar refractivity (Wildman–Crippen MR) is 69.4 cm³/mol. The third-order valence-electron chi connectivity index (χ3n) is 2.18. The van der Waals surface area contributed by atoms with Crippen molar-refractivity contribution in [1.29, 1.82) is 0 Å². The minimum atomic E-state index is 0.444. The quantitative estimate of drug-likeness (QED) is 0.907. The van der Waals surface area contributed by atoms with Crippen LogP contribution in [0, 0.1) is 0 Å². The van der Waals surface area contributed by atoms with E-state index in [9.17, 15) is 0 Å². The van der Waals surface area contributed by atoms with Crippen LogP contribution in [0.5, 0.6) is 0 Å². The van der Waals surface area contributed by atoms with Gasteiger partial charge in [0.15, 0.2) is 0 Å². The Morgan fingerprint density at radius 2 is 2.29 bits per heavy atom. The normalized spacial score (nSPS) is 10.5. The number of nitrogens with zero attached hydrogens (tertiary/aromatic N) is 2. The van der Waals surface area contributed by atoms with Crippen LogP contribution in [-0.2, 0) is 18.0 Å². The molecule has 4 nitrogen and oxygen atoms in total. The lowest BCUT2D eigenvalue weighted by molar-refractivity contribution is 0.105. The highest BCUT2D eigenvalue weighted by Crippen LogP contribution is 2.18. The highest BCUT2D eigenvalue weighted by Gasteiger charge is 2.05. The maximum absolute atomic E-state index is 5.88. The molecule has 0 aliphatic heterocycles. The molecule has 6 heteroatoms. The zero-order valence-electron chi connectivity index (χ0n) is 9.31. The van der Waals surface area contributed by atoms with E-state index in [4.69, 9.17) is 16.3 Å². The van der Waals surface area contributed by atoms with E-state index < -0.39 is 0 Å². The van der Waals surface area contributed by atoms with Crippen LogP contribution in [0.1, 0.15) is 11.3 Å². The molecule has 0 bridgehead atoms. The van der Waals surface area contributed by atoms with Crippen molar-refractivity contribution in [2.45, 2.75) is 13.2 Å². The van der Waals surface area contributed by atoms with Gasteiger partial charge in [-0.2, -0.15) is 0 Å². The first-order valence-electron chi connectivity index (χ1n) is 5.11. The maximum Gasteiger partial charge on any atom is 0.135 e. The van der Waals surface area contributed by atoms with Crippen molar-refractivity contribution in [3.05, 3.63) is 40.5 Å². The SMILES string of the molecule is CNc1snnc1COCc1cccc(Cl)c1. The Balaban J connectivity index is 1.87. The van der Waals surface area contributed by atoms with E-state index in [0.717, 1.165) is 21.3 Å². The molecule has 0 radical (unpaired) electrons. The monoisotopic (exact) mass is 269 g/mol. The van der Waals surface area contributed by atoms with E-state index in [2.05, 4.69) is 14.9 Å². The fourth-order valence-electron chi connectivity index (χ4n) is 1.39. The average Bonchev–Trinajstić information content (AvgIpc) is 2.77. The largest absolute Gasteiger partial charge is 0.377 e. The lowest BCUT2D eigenvalue weighted by atomic mass is 10.2. The zero-order valence-corrected chi connectivity index (χ0v) is 10.9. The first-order valence-corrected chi connectivity index (χ1v) is 6.26. The molecule has 0 atom stereocenters. The number of hydrogen-bond donors (Lipinski definition) is 1. The summed E-state index contributed by atoms with van der Waals surface area (Å²) in [7, 11) is 1.84. The van der Waals surface area contributed by atoms with Gasteiger partial charge >= 0.3 is 0 Å². The number of benzene rings is 1. The Morgan fingerprint density at radius 3 is 3.06 bits per heavy atom. The summed E-state index contributed by atoms with van der Waals surface area (Å²) in [5.41, 5.74) is 1.88. The van der Waals surface area contributed by atoms with Gasteiger partial charge in [0, 0.05) is 23.6 Å². The average molecular weight is 270 g/mol. The summed E-state index contributed by atoms with van der Waals surface area (Å²) < 4.78 is 9.43. The van der Waals surface area contributed by atoms with Crippen molar-refractivity contribution >= 4 is 28.1 Å². The maximum atomic E-state index is 5.88. The molecule has 0 aliphatic rings. The molecule has 0 amide bonds. The smallest absolute Gasteiger partial charge is 0.135 e. The number of nitrogens with one attached hydrogen (secondary N) is 1. The van der Waals surface area contributed by atoms with E-state index in [1.807, 2.05) is 31.3 Å². The summed E-state index contributed by atoms with van der Waals surface area (Å²) in [6.07, 6.45) is 0. The third-order valence-corrected chi connectivity index (χ3v) is 3.20. The second-order valence-corrected chi connectivity index (χ2v) is 4.61. The first kappa shape index (κ1) is 12.3. The molecule has 1 N–H and O–H groups in total. The highest BCUT2D eigenvalue weighted by atomic mass is 35.5. The summed E-state index contributed by atoms with van der Waals surface area (Å²) in [5.74, 6) is 0. The van der Waals surface area contributed by atoms with Crippen molar-refractivity contribution in [2.24, 2.45) is 0 Å². The second-order valence-electron chi connectivity index (χ2n) is 3.42. The molecule has 0 fully saturated rings. The summed E-state index contributed by atoms with van der Waals surface area (Å²) in [4.78, 5) is 0. The molecule has 1 aromatic carbocycles. The number of aromatic nitrogens is 2. The highest BCUT2D eigenvalue weighted by molar-refractivity contribution is 7.10. The molecule has 1 heterocycles. The minimum absolute atomic E-state index is 0.444.